The molecule has 1 saturated heterocycles. The van der Waals surface area contributed by atoms with Crippen LogP contribution in [0.4, 0.5) is 0 Å². The number of hydrogen-bond donors (Lipinski definition) is 2. The van der Waals surface area contributed by atoms with Gasteiger partial charge in [0, 0.05) is 28.9 Å². The Morgan fingerprint density at radius 2 is 1.77 bits per heavy atom. The van der Waals surface area contributed by atoms with Crippen LogP contribution in [0.25, 0.3) is 33.1 Å². The van der Waals surface area contributed by atoms with Gasteiger partial charge in [0.1, 0.15) is 11.2 Å². The molecule has 0 saturated carbocycles. The first-order valence-corrected chi connectivity index (χ1v) is 11.6. The number of fused-ring (bicyclic) bond motifs is 2. The molecule has 1 aliphatic heterocycles. The van der Waals surface area contributed by atoms with Crippen molar-refractivity contribution < 1.29 is 18.5 Å². The van der Waals surface area contributed by atoms with E-state index in [9.17, 15) is 9.59 Å². The summed E-state index contributed by atoms with van der Waals surface area (Å²) in [5.41, 5.74) is 1.13. The molecule has 0 spiro atoms. The minimum absolute atomic E-state index is 0.289. The van der Waals surface area contributed by atoms with Crippen molar-refractivity contribution >= 4 is 21.9 Å². The molecule has 1 aliphatic rings. The summed E-state index contributed by atoms with van der Waals surface area (Å²) >= 11 is 0. The number of benzene rings is 2. The highest BCUT2D eigenvalue weighted by molar-refractivity contribution is 5.97. The van der Waals surface area contributed by atoms with E-state index in [1.54, 1.807) is 30.3 Å². The van der Waals surface area contributed by atoms with Crippen molar-refractivity contribution in [3.8, 4) is 16.9 Å². The normalized spacial score (nSPS) is 15.1. The minimum Gasteiger partial charge on any atom is -0.422 e. The van der Waals surface area contributed by atoms with Crippen LogP contribution in [0, 0.1) is 5.92 Å². The summed E-state index contributed by atoms with van der Waals surface area (Å²) in [5.74, 6) is 11.7. The SMILES string of the molecule is NOCCC1CCN(Cc2c(ON)ccc3c(-c4cc5ccccc5oc4=O)cc(=O)oc23)CC1. The Hall–Kier alpha value is -3.50. The Kier molecular flexibility index (Phi) is 6.65. The van der Waals surface area contributed by atoms with Gasteiger partial charge in [-0.15, -0.1) is 0 Å². The predicted molar refractivity (Wildman–Crippen MR) is 132 cm³/mol. The molecule has 2 aromatic carbocycles. The zero-order chi connectivity index (χ0) is 24.4. The van der Waals surface area contributed by atoms with Gasteiger partial charge in [-0.2, -0.15) is 5.90 Å². The first kappa shape index (κ1) is 23.3. The fourth-order valence-corrected chi connectivity index (χ4v) is 4.89. The average Bonchev–Trinajstić information content (AvgIpc) is 2.87. The van der Waals surface area contributed by atoms with Crippen LogP contribution in [-0.4, -0.2) is 24.6 Å². The van der Waals surface area contributed by atoms with Crippen molar-refractivity contribution in [2.45, 2.75) is 25.8 Å². The van der Waals surface area contributed by atoms with Crippen LogP contribution < -0.4 is 27.9 Å². The topological polar surface area (TPSA) is 134 Å². The van der Waals surface area contributed by atoms with Crippen molar-refractivity contribution in [3.05, 3.63) is 74.9 Å². The fourth-order valence-electron chi connectivity index (χ4n) is 4.89. The molecular weight excluding hydrogens is 450 g/mol. The summed E-state index contributed by atoms with van der Waals surface area (Å²) in [6.07, 6.45) is 2.96. The highest BCUT2D eigenvalue weighted by Crippen LogP contribution is 2.34. The molecule has 9 nitrogen and oxygen atoms in total. The molecule has 35 heavy (non-hydrogen) atoms. The summed E-state index contributed by atoms with van der Waals surface area (Å²) in [6, 6.07) is 13.8. The first-order valence-electron chi connectivity index (χ1n) is 11.6. The van der Waals surface area contributed by atoms with E-state index in [-0.39, 0.29) is 5.56 Å². The summed E-state index contributed by atoms with van der Waals surface area (Å²) in [5, 5.41) is 1.37. The second kappa shape index (κ2) is 10.0. The molecular formula is C26H27N3O6. The molecule has 182 valence electrons. The van der Waals surface area contributed by atoms with E-state index in [0.717, 1.165) is 37.7 Å². The van der Waals surface area contributed by atoms with E-state index in [1.807, 2.05) is 12.1 Å². The van der Waals surface area contributed by atoms with Gasteiger partial charge in [0.05, 0.1) is 17.7 Å². The third-order valence-corrected chi connectivity index (χ3v) is 6.76. The molecule has 9 heteroatoms. The van der Waals surface area contributed by atoms with Crippen LogP contribution in [0.1, 0.15) is 24.8 Å². The van der Waals surface area contributed by atoms with E-state index >= 15 is 0 Å². The molecule has 0 bridgehead atoms. The van der Waals surface area contributed by atoms with E-state index in [4.69, 9.17) is 30.3 Å². The average molecular weight is 478 g/mol. The van der Waals surface area contributed by atoms with Gasteiger partial charge in [-0.3, -0.25) is 4.90 Å². The molecule has 1 fully saturated rings. The summed E-state index contributed by atoms with van der Waals surface area (Å²) in [7, 11) is 0. The van der Waals surface area contributed by atoms with Gasteiger partial charge < -0.3 is 18.5 Å². The molecule has 0 amide bonds. The van der Waals surface area contributed by atoms with Crippen LogP contribution in [0.3, 0.4) is 0 Å². The zero-order valence-corrected chi connectivity index (χ0v) is 19.2. The molecule has 5 rings (SSSR count). The summed E-state index contributed by atoms with van der Waals surface area (Å²) < 4.78 is 11.2. The van der Waals surface area contributed by atoms with Crippen molar-refractivity contribution in [2.75, 3.05) is 19.7 Å². The number of piperidine rings is 1. The maximum absolute atomic E-state index is 12.9. The molecule has 3 heterocycles. The highest BCUT2D eigenvalue weighted by atomic mass is 16.6. The Labute approximate surface area is 200 Å². The van der Waals surface area contributed by atoms with E-state index in [1.165, 1.54) is 6.07 Å². The van der Waals surface area contributed by atoms with Gasteiger partial charge in [-0.25, -0.2) is 15.5 Å². The van der Waals surface area contributed by atoms with Crippen molar-refractivity contribution in [1.29, 1.82) is 0 Å². The van der Waals surface area contributed by atoms with Crippen molar-refractivity contribution in [1.82, 2.24) is 4.90 Å². The molecule has 0 atom stereocenters. The maximum Gasteiger partial charge on any atom is 0.344 e. The Bertz CT molecular complexity index is 1470. The number of nitrogens with zero attached hydrogens (tertiary/aromatic N) is 1. The largest absolute Gasteiger partial charge is 0.422 e. The van der Waals surface area contributed by atoms with E-state index < -0.39 is 11.3 Å². The molecule has 0 unspecified atom stereocenters. The number of para-hydroxylation sites is 1. The molecule has 0 aliphatic carbocycles. The number of hydrogen-bond acceptors (Lipinski definition) is 9. The minimum atomic E-state index is -0.573. The lowest BCUT2D eigenvalue weighted by atomic mass is 9.93. The second-order valence-corrected chi connectivity index (χ2v) is 8.88. The molecule has 2 aromatic heterocycles. The second-order valence-electron chi connectivity index (χ2n) is 8.88. The van der Waals surface area contributed by atoms with Crippen LogP contribution in [0.2, 0.25) is 0 Å². The van der Waals surface area contributed by atoms with Crippen molar-refractivity contribution in [2.24, 2.45) is 17.7 Å². The quantitative estimate of drug-likeness (QED) is 0.304. The number of rotatable bonds is 7. The first-order chi connectivity index (χ1) is 17.1. The number of likely N-dealkylation sites (tertiary alicyclic amines) is 1. The van der Waals surface area contributed by atoms with Gasteiger partial charge in [0.15, 0.2) is 5.75 Å². The third-order valence-electron chi connectivity index (χ3n) is 6.76. The summed E-state index contributed by atoms with van der Waals surface area (Å²) in [4.78, 5) is 37.6. The maximum atomic E-state index is 12.9. The molecule has 0 radical (unpaired) electrons. The Balaban J connectivity index is 1.56. The monoisotopic (exact) mass is 477 g/mol. The zero-order valence-electron chi connectivity index (χ0n) is 19.2. The van der Waals surface area contributed by atoms with E-state index in [2.05, 4.69) is 4.90 Å². The lowest BCUT2D eigenvalue weighted by Gasteiger charge is -2.32. The van der Waals surface area contributed by atoms with Crippen molar-refractivity contribution in [3.63, 3.8) is 0 Å². The lowest BCUT2D eigenvalue weighted by molar-refractivity contribution is 0.101. The van der Waals surface area contributed by atoms with Crippen LogP contribution >= 0.6 is 0 Å². The molecule has 4 N–H and O–H groups in total. The van der Waals surface area contributed by atoms with Gasteiger partial charge in [0.25, 0.3) is 0 Å². The van der Waals surface area contributed by atoms with Gasteiger partial charge >= 0.3 is 11.3 Å². The fraction of sp³-hybridized carbons (Fsp3) is 0.308. The van der Waals surface area contributed by atoms with E-state index in [0.29, 0.717) is 52.5 Å². The predicted octanol–water partition coefficient (Wildman–Crippen LogP) is 3.31. The van der Waals surface area contributed by atoms with Crippen LogP contribution in [-0.2, 0) is 11.4 Å². The Morgan fingerprint density at radius 1 is 0.971 bits per heavy atom. The standard InChI is InChI=1S/C26H27N3O6/c27-32-12-9-16-7-10-29(11-8-16)15-21-23(35-28)6-5-18-19(14-24(30)34-25(18)21)20-13-17-3-1-2-4-22(17)33-26(20)31/h1-6,13-14,16H,7-12,15,27-28H2. The lowest BCUT2D eigenvalue weighted by Crippen LogP contribution is -2.34. The third kappa shape index (κ3) is 4.71. The van der Waals surface area contributed by atoms with Gasteiger partial charge in [-0.1, -0.05) is 18.2 Å². The number of nitrogens with two attached hydrogens (primary N) is 2. The van der Waals surface area contributed by atoms with Crippen LogP contribution in [0.5, 0.6) is 5.75 Å². The van der Waals surface area contributed by atoms with Gasteiger partial charge in [0.2, 0.25) is 0 Å². The smallest absolute Gasteiger partial charge is 0.344 e. The summed E-state index contributed by atoms with van der Waals surface area (Å²) in [6.45, 7) is 2.78. The van der Waals surface area contributed by atoms with Crippen LogP contribution in [0.15, 0.2) is 67.0 Å². The Morgan fingerprint density at radius 3 is 2.54 bits per heavy atom. The molecule has 4 aromatic rings. The highest BCUT2D eigenvalue weighted by Gasteiger charge is 2.23. The van der Waals surface area contributed by atoms with Gasteiger partial charge in [-0.05, 0) is 62.5 Å².